The maximum Gasteiger partial charge on any atom is 0.281 e. The molecule has 0 bridgehead atoms. The summed E-state index contributed by atoms with van der Waals surface area (Å²) < 4.78 is 0. The van der Waals surface area contributed by atoms with Crippen LogP contribution in [0.5, 0.6) is 0 Å². The van der Waals surface area contributed by atoms with Gasteiger partial charge in [0.15, 0.2) is 0 Å². The SMILES string of the molecule is C=C1c2ccccc2C(=O)N1N1C(=O)c2ccccc2C1=O. The predicted octanol–water partition coefficient (Wildman–Crippen LogP) is 2.32. The quantitative estimate of drug-likeness (QED) is 0.757. The van der Waals surface area contributed by atoms with Gasteiger partial charge in [-0.15, -0.1) is 0 Å². The largest absolute Gasteiger partial charge is 0.281 e. The van der Waals surface area contributed by atoms with Crippen LogP contribution < -0.4 is 0 Å². The third kappa shape index (κ3) is 1.39. The summed E-state index contributed by atoms with van der Waals surface area (Å²) in [6, 6.07) is 13.4. The van der Waals surface area contributed by atoms with E-state index in [2.05, 4.69) is 6.58 Å². The number of fused-ring (bicyclic) bond motifs is 2. The van der Waals surface area contributed by atoms with E-state index in [0.29, 0.717) is 28.0 Å². The molecular formula is C17H10N2O3. The van der Waals surface area contributed by atoms with Crippen molar-refractivity contribution in [1.82, 2.24) is 10.0 Å². The van der Waals surface area contributed by atoms with Gasteiger partial charge in [0.25, 0.3) is 17.7 Å². The van der Waals surface area contributed by atoms with Crippen LogP contribution in [0.3, 0.4) is 0 Å². The molecule has 0 spiro atoms. The Hall–Kier alpha value is -3.21. The minimum absolute atomic E-state index is 0.295. The van der Waals surface area contributed by atoms with E-state index in [1.165, 1.54) is 0 Å². The minimum atomic E-state index is -0.511. The molecule has 106 valence electrons. The summed E-state index contributed by atoms with van der Waals surface area (Å²) in [6.07, 6.45) is 0. The second kappa shape index (κ2) is 4.14. The first-order valence-corrected chi connectivity index (χ1v) is 6.72. The topological polar surface area (TPSA) is 57.7 Å². The lowest BCUT2D eigenvalue weighted by Crippen LogP contribution is -2.45. The van der Waals surface area contributed by atoms with Crippen LogP contribution in [-0.2, 0) is 0 Å². The van der Waals surface area contributed by atoms with Crippen molar-refractivity contribution in [2.24, 2.45) is 0 Å². The second-order valence-electron chi connectivity index (χ2n) is 5.08. The third-order valence-corrected chi connectivity index (χ3v) is 3.89. The number of benzene rings is 2. The molecule has 0 saturated heterocycles. The molecule has 2 aliphatic rings. The molecule has 0 fully saturated rings. The zero-order chi connectivity index (χ0) is 15.4. The average Bonchev–Trinajstić information content (AvgIpc) is 2.94. The van der Waals surface area contributed by atoms with E-state index >= 15 is 0 Å². The highest BCUT2D eigenvalue weighted by atomic mass is 16.2. The van der Waals surface area contributed by atoms with Crippen LogP contribution in [0.4, 0.5) is 0 Å². The zero-order valence-electron chi connectivity index (χ0n) is 11.4. The molecule has 4 rings (SSSR count). The minimum Gasteiger partial charge on any atom is -0.267 e. The molecule has 5 heteroatoms. The van der Waals surface area contributed by atoms with Gasteiger partial charge in [-0.3, -0.25) is 14.4 Å². The highest BCUT2D eigenvalue weighted by molar-refractivity contribution is 6.23. The number of carbonyl (C=O) groups excluding carboxylic acids is 3. The monoisotopic (exact) mass is 290 g/mol. The third-order valence-electron chi connectivity index (χ3n) is 3.89. The first-order valence-electron chi connectivity index (χ1n) is 6.72. The van der Waals surface area contributed by atoms with Gasteiger partial charge in [-0.25, -0.2) is 5.01 Å². The Bertz CT molecular complexity index is 741. The van der Waals surface area contributed by atoms with E-state index in [1.807, 2.05) is 0 Å². The Labute approximate surface area is 126 Å². The first-order chi connectivity index (χ1) is 10.6. The standard InChI is InChI=1S/C17H10N2O3/c1-10-11-6-2-3-7-12(11)15(20)18(10)19-16(21)13-8-4-5-9-14(13)17(19)22/h2-9H,1H2. The van der Waals surface area contributed by atoms with Gasteiger partial charge in [0, 0.05) is 5.56 Å². The van der Waals surface area contributed by atoms with E-state index in [1.54, 1.807) is 48.5 Å². The molecule has 0 unspecified atom stereocenters. The number of imide groups is 1. The van der Waals surface area contributed by atoms with Gasteiger partial charge in [-0.05, 0) is 18.2 Å². The summed E-state index contributed by atoms with van der Waals surface area (Å²) in [4.78, 5) is 37.6. The molecule has 2 aromatic rings. The van der Waals surface area contributed by atoms with Gasteiger partial charge in [-0.2, -0.15) is 5.01 Å². The Morgan fingerprint density at radius 2 is 0.955 bits per heavy atom. The van der Waals surface area contributed by atoms with Crippen LogP contribution in [0.25, 0.3) is 5.70 Å². The number of hydrogen-bond donors (Lipinski definition) is 0. The van der Waals surface area contributed by atoms with E-state index in [4.69, 9.17) is 0 Å². The summed E-state index contributed by atoms with van der Waals surface area (Å²) in [6.45, 7) is 3.86. The van der Waals surface area contributed by atoms with Crippen LogP contribution in [0.2, 0.25) is 0 Å². The van der Waals surface area contributed by atoms with Crippen LogP contribution >= 0.6 is 0 Å². The fourth-order valence-corrected chi connectivity index (χ4v) is 2.84. The first kappa shape index (κ1) is 12.5. The number of rotatable bonds is 1. The summed E-state index contributed by atoms with van der Waals surface area (Å²) in [5.74, 6) is -1.44. The molecule has 0 aliphatic carbocycles. The molecule has 2 aliphatic heterocycles. The molecule has 22 heavy (non-hydrogen) atoms. The average molecular weight is 290 g/mol. The number of hydrazine groups is 1. The lowest BCUT2D eigenvalue weighted by atomic mass is 10.1. The number of amides is 3. The van der Waals surface area contributed by atoms with Crippen molar-refractivity contribution in [2.75, 3.05) is 0 Å². The summed E-state index contributed by atoms with van der Waals surface area (Å²) in [5.41, 5.74) is 1.98. The Morgan fingerprint density at radius 3 is 1.41 bits per heavy atom. The van der Waals surface area contributed by atoms with Crippen molar-refractivity contribution in [1.29, 1.82) is 0 Å². The molecule has 0 radical (unpaired) electrons. The predicted molar refractivity (Wildman–Crippen MR) is 78.6 cm³/mol. The van der Waals surface area contributed by atoms with Crippen LogP contribution in [0.1, 0.15) is 36.6 Å². The lowest BCUT2D eigenvalue weighted by Gasteiger charge is -2.26. The summed E-state index contributed by atoms with van der Waals surface area (Å²) in [7, 11) is 0. The maximum absolute atomic E-state index is 12.6. The molecule has 0 aromatic heterocycles. The van der Waals surface area contributed by atoms with Gasteiger partial charge in [-0.1, -0.05) is 36.9 Å². The van der Waals surface area contributed by atoms with Gasteiger partial charge in [0.05, 0.1) is 22.4 Å². The van der Waals surface area contributed by atoms with Crippen molar-refractivity contribution in [2.45, 2.75) is 0 Å². The fourth-order valence-electron chi connectivity index (χ4n) is 2.84. The summed E-state index contributed by atoms with van der Waals surface area (Å²) >= 11 is 0. The van der Waals surface area contributed by atoms with E-state index in [0.717, 1.165) is 10.0 Å². The molecule has 3 amide bonds. The lowest BCUT2D eigenvalue weighted by molar-refractivity contribution is 0.0243. The van der Waals surface area contributed by atoms with Crippen molar-refractivity contribution in [3.63, 3.8) is 0 Å². The Morgan fingerprint density at radius 1 is 0.591 bits per heavy atom. The molecule has 5 nitrogen and oxygen atoms in total. The van der Waals surface area contributed by atoms with Crippen LogP contribution in [0.15, 0.2) is 55.1 Å². The van der Waals surface area contributed by atoms with Crippen molar-refractivity contribution >= 4 is 23.4 Å². The molecular weight excluding hydrogens is 280 g/mol. The smallest absolute Gasteiger partial charge is 0.267 e. The Kier molecular flexibility index (Phi) is 2.36. The number of carbonyl (C=O) groups is 3. The zero-order valence-corrected chi connectivity index (χ0v) is 11.4. The fraction of sp³-hybridized carbons (Fsp3) is 0. The van der Waals surface area contributed by atoms with Crippen molar-refractivity contribution in [3.05, 3.63) is 77.4 Å². The molecule has 2 heterocycles. The van der Waals surface area contributed by atoms with E-state index in [9.17, 15) is 14.4 Å². The van der Waals surface area contributed by atoms with Crippen LogP contribution in [-0.4, -0.2) is 27.7 Å². The van der Waals surface area contributed by atoms with Crippen molar-refractivity contribution < 1.29 is 14.4 Å². The number of nitrogens with zero attached hydrogens (tertiary/aromatic N) is 2. The second-order valence-corrected chi connectivity index (χ2v) is 5.08. The van der Waals surface area contributed by atoms with Gasteiger partial charge in [0.1, 0.15) is 0 Å². The molecule has 0 saturated carbocycles. The Balaban J connectivity index is 1.83. The normalized spacial score (nSPS) is 16.4. The van der Waals surface area contributed by atoms with Crippen LogP contribution in [0, 0.1) is 0 Å². The molecule has 2 aromatic carbocycles. The van der Waals surface area contributed by atoms with E-state index < -0.39 is 17.7 Å². The molecule has 0 atom stereocenters. The highest BCUT2D eigenvalue weighted by Crippen LogP contribution is 2.36. The highest BCUT2D eigenvalue weighted by Gasteiger charge is 2.45. The summed E-state index contributed by atoms with van der Waals surface area (Å²) in [5, 5.41) is 1.94. The number of hydrogen-bond acceptors (Lipinski definition) is 3. The molecule has 0 N–H and O–H groups in total. The van der Waals surface area contributed by atoms with Gasteiger partial charge >= 0.3 is 0 Å². The maximum atomic E-state index is 12.6. The van der Waals surface area contributed by atoms with Gasteiger partial charge < -0.3 is 0 Å². The van der Waals surface area contributed by atoms with Crippen molar-refractivity contribution in [3.8, 4) is 0 Å². The van der Waals surface area contributed by atoms with E-state index in [-0.39, 0.29) is 0 Å². The van der Waals surface area contributed by atoms with Gasteiger partial charge in [0.2, 0.25) is 0 Å².